The van der Waals surface area contributed by atoms with Crippen molar-refractivity contribution in [2.45, 2.75) is 13.8 Å². The molecule has 0 bridgehead atoms. The third-order valence-corrected chi connectivity index (χ3v) is 0.287. The number of carbonyl (C=O) groups excluding carboxylic acids is 2. The Bertz CT molecular complexity index is 87.5. The monoisotopic (exact) mass is 110 g/mol. The van der Waals surface area contributed by atoms with Gasteiger partial charge >= 0.3 is 30.8 Å². The molecule has 0 aromatic carbocycles. The summed E-state index contributed by atoms with van der Waals surface area (Å²) in [5.41, 5.74) is 0. The van der Waals surface area contributed by atoms with Gasteiger partial charge in [-0.3, -0.25) is 9.59 Å². The molecule has 0 N–H and O–H groups in total. The number of esters is 2. The first-order valence-corrected chi connectivity index (χ1v) is 1.82. The van der Waals surface area contributed by atoms with E-state index < -0.39 is 11.9 Å². The summed E-state index contributed by atoms with van der Waals surface area (Å²) in [6, 6.07) is 0. The molecule has 0 radical (unpaired) electrons. The fourth-order valence-electron chi connectivity index (χ4n) is 0.202. The number of hydrogen-bond acceptors (Lipinski definition) is 3. The quantitative estimate of drug-likeness (QED) is 0.238. The van der Waals surface area contributed by atoms with Gasteiger partial charge < -0.3 is 4.74 Å². The topological polar surface area (TPSA) is 43.4 Å². The van der Waals surface area contributed by atoms with Gasteiger partial charge in [0.2, 0.25) is 0 Å². The van der Waals surface area contributed by atoms with Gasteiger partial charge in [-0.25, -0.2) is 0 Å². The van der Waals surface area contributed by atoms with Crippen LogP contribution >= 0.6 is 0 Å². The molecule has 42 valence electrons. The van der Waals surface area contributed by atoms with Gasteiger partial charge in [-0.15, -0.1) is 0 Å². The summed E-state index contributed by atoms with van der Waals surface area (Å²) >= 11 is 0. The van der Waals surface area contributed by atoms with Crippen molar-refractivity contribution in [2.24, 2.45) is 0 Å². The molecule has 0 saturated heterocycles. The molecule has 0 saturated carbocycles. The van der Waals surface area contributed by atoms with Crippen molar-refractivity contribution < 1.29 is 14.3 Å². The molecule has 0 unspecified atom stereocenters. The van der Waals surface area contributed by atoms with Crippen LogP contribution in [0, 0.1) is 0 Å². The first kappa shape index (κ1) is 10.7. The van der Waals surface area contributed by atoms with E-state index in [-0.39, 0.29) is 18.9 Å². The molecule has 0 rings (SSSR count). The Morgan fingerprint density at radius 3 is 1.38 bits per heavy atom. The van der Waals surface area contributed by atoms with Crippen molar-refractivity contribution in [3.63, 3.8) is 0 Å². The van der Waals surface area contributed by atoms with Crippen molar-refractivity contribution in [1.82, 2.24) is 0 Å². The fourth-order valence-corrected chi connectivity index (χ4v) is 0.202. The van der Waals surface area contributed by atoms with Gasteiger partial charge in [-0.1, -0.05) is 0 Å². The van der Waals surface area contributed by atoms with E-state index in [0.29, 0.717) is 0 Å². The Morgan fingerprint density at radius 2 is 1.38 bits per heavy atom. The van der Waals surface area contributed by atoms with E-state index in [1.807, 2.05) is 0 Å². The molecule has 8 heavy (non-hydrogen) atoms. The number of ether oxygens (including phenoxy) is 1. The summed E-state index contributed by atoms with van der Waals surface area (Å²) in [5.74, 6) is -1.12. The zero-order valence-electron chi connectivity index (χ0n) is 4.22. The predicted octanol–water partition coefficient (Wildman–Crippen LogP) is -0.552. The Morgan fingerprint density at radius 1 is 1.12 bits per heavy atom. The van der Waals surface area contributed by atoms with E-state index in [9.17, 15) is 9.59 Å². The van der Waals surface area contributed by atoms with E-state index in [1.165, 1.54) is 13.8 Å². The van der Waals surface area contributed by atoms with Crippen LogP contribution in [0.2, 0.25) is 0 Å². The number of rotatable bonds is 0. The Balaban J connectivity index is 0. The Hall–Kier alpha value is -0.263. The van der Waals surface area contributed by atoms with Crippen LogP contribution in [0.4, 0.5) is 0 Å². The van der Waals surface area contributed by atoms with Crippen molar-refractivity contribution >= 4 is 30.8 Å². The molecule has 0 heterocycles. The molecule has 3 nitrogen and oxygen atoms in total. The normalized spacial score (nSPS) is 6.75. The van der Waals surface area contributed by atoms with Crippen LogP contribution in [0.15, 0.2) is 0 Å². The summed E-state index contributed by atoms with van der Waals surface area (Å²) in [7, 11) is 0. The van der Waals surface area contributed by atoms with Gasteiger partial charge in [-0.2, -0.15) is 0 Å². The third-order valence-electron chi connectivity index (χ3n) is 0.287. The van der Waals surface area contributed by atoms with Crippen LogP contribution < -0.4 is 0 Å². The van der Waals surface area contributed by atoms with Crippen LogP contribution in [-0.4, -0.2) is 30.8 Å². The Kier molecular flexibility index (Phi) is 6.52. The maximum atomic E-state index is 9.81. The predicted molar refractivity (Wildman–Crippen MR) is 29.6 cm³/mol. The van der Waals surface area contributed by atoms with Crippen LogP contribution in [0.5, 0.6) is 0 Å². The Labute approximate surface area is 59.6 Å². The minimum absolute atomic E-state index is 0. The van der Waals surface area contributed by atoms with Crippen molar-refractivity contribution in [2.75, 3.05) is 0 Å². The van der Waals surface area contributed by atoms with Gasteiger partial charge in [0.25, 0.3) is 0 Å². The summed E-state index contributed by atoms with van der Waals surface area (Å²) in [6.07, 6.45) is 0. The average molecular weight is 110 g/mol. The molecule has 0 aliphatic rings. The molecule has 0 amide bonds. The third kappa shape index (κ3) is 9.22. The number of carbonyl (C=O) groups is 2. The molecular weight excluding hydrogens is 103 g/mol. The second kappa shape index (κ2) is 4.89. The number of hydrogen-bond donors (Lipinski definition) is 0. The van der Waals surface area contributed by atoms with E-state index in [4.69, 9.17) is 0 Å². The minimum atomic E-state index is -0.562. The average Bonchev–Trinajstić information content (AvgIpc) is 1.27. The van der Waals surface area contributed by atoms with Crippen LogP contribution in [0.25, 0.3) is 0 Å². The van der Waals surface area contributed by atoms with Gasteiger partial charge in [-0.05, 0) is 0 Å². The second-order valence-corrected chi connectivity index (χ2v) is 1.09. The summed E-state index contributed by atoms with van der Waals surface area (Å²) in [6.45, 7) is 2.36. The zero-order valence-corrected chi connectivity index (χ0v) is 4.22. The summed E-state index contributed by atoms with van der Waals surface area (Å²) in [5, 5.41) is 0. The van der Waals surface area contributed by atoms with Crippen LogP contribution in [0.3, 0.4) is 0 Å². The van der Waals surface area contributed by atoms with E-state index >= 15 is 0 Å². The van der Waals surface area contributed by atoms with E-state index in [2.05, 4.69) is 4.74 Å². The van der Waals surface area contributed by atoms with Gasteiger partial charge in [0.05, 0.1) is 0 Å². The molecular formula is C4H7LiO3. The first-order valence-electron chi connectivity index (χ1n) is 1.82. The van der Waals surface area contributed by atoms with Crippen molar-refractivity contribution in [3.8, 4) is 0 Å². The van der Waals surface area contributed by atoms with Crippen molar-refractivity contribution in [1.29, 1.82) is 0 Å². The van der Waals surface area contributed by atoms with E-state index in [0.717, 1.165) is 0 Å². The molecule has 0 aliphatic heterocycles. The molecule has 0 atom stereocenters. The SMILES string of the molecule is CC(=O)OC(C)=O.[LiH]. The van der Waals surface area contributed by atoms with Crippen LogP contribution in [-0.2, 0) is 14.3 Å². The van der Waals surface area contributed by atoms with Crippen molar-refractivity contribution in [3.05, 3.63) is 0 Å². The molecule has 0 spiro atoms. The van der Waals surface area contributed by atoms with E-state index in [1.54, 1.807) is 0 Å². The van der Waals surface area contributed by atoms with Crippen LogP contribution in [0.1, 0.15) is 13.8 Å². The fraction of sp³-hybridized carbons (Fsp3) is 0.500. The zero-order chi connectivity index (χ0) is 5.86. The molecule has 0 fully saturated rings. The van der Waals surface area contributed by atoms with Gasteiger partial charge in [0.15, 0.2) is 0 Å². The summed E-state index contributed by atoms with van der Waals surface area (Å²) in [4.78, 5) is 19.6. The van der Waals surface area contributed by atoms with Gasteiger partial charge in [0.1, 0.15) is 0 Å². The first-order chi connectivity index (χ1) is 3.13. The second-order valence-electron chi connectivity index (χ2n) is 1.09. The molecule has 4 heteroatoms. The van der Waals surface area contributed by atoms with Gasteiger partial charge in [0, 0.05) is 13.8 Å². The maximum absolute atomic E-state index is 9.81. The molecule has 0 aromatic heterocycles. The molecule has 0 aliphatic carbocycles. The standard InChI is InChI=1S/C4H6O3.Li.H/c1-3(5)7-4(2)6;;/h1-2H3;;. The summed E-state index contributed by atoms with van der Waals surface area (Å²) < 4.78 is 3.97. The molecule has 0 aromatic rings.